The number of rotatable bonds is 10. The Morgan fingerprint density at radius 3 is 2.51 bits per heavy atom. The van der Waals surface area contributed by atoms with Gasteiger partial charge in [-0.3, -0.25) is 9.59 Å². The molecule has 1 amide bonds. The number of aryl methyl sites for hydroxylation is 1. The van der Waals surface area contributed by atoms with Crippen LogP contribution in [0, 0.1) is 5.92 Å². The number of hydrogen-bond donors (Lipinski definition) is 2. The molecule has 0 radical (unpaired) electrons. The zero-order valence-electron chi connectivity index (χ0n) is 19.6. The van der Waals surface area contributed by atoms with Gasteiger partial charge in [-0.05, 0) is 48.8 Å². The largest absolute Gasteiger partial charge is 0.481 e. The van der Waals surface area contributed by atoms with Crippen molar-refractivity contribution < 1.29 is 23.8 Å². The summed E-state index contributed by atoms with van der Waals surface area (Å²) in [7, 11) is 0. The summed E-state index contributed by atoms with van der Waals surface area (Å²) in [6.45, 7) is 0.526. The first kappa shape index (κ1) is 23.3. The van der Waals surface area contributed by atoms with Crippen molar-refractivity contribution in [3.63, 3.8) is 0 Å². The summed E-state index contributed by atoms with van der Waals surface area (Å²) in [5.41, 5.74) is 3.66. The van der Waals surface area contributed by atoms with Crippen LogP contribution < -0.4 is 5.32 Å². The molecule has 7 heteroatoms. The van der Waals surface area contributed by atoms with Crippen molar-refractivity contribution >= 4 is 11.9 Å². The lowest BCUT2D eigenvalue weighted by Crippen LogP contribution is -2.28. The van der Waals surface area contributed by atoms with E-state index in [-0.39, 0.29) is 42.1 Å². The summed E-state index contributed by atoms with van der Waals surface area (Å²) in [5, 5.41) is 12.0. The molecule has 2 aromatic carbocycles. The number of carbonyl (C=O) groups is 2. The molecule has 3 aromatic rings. The van der Waals surface area contributed by atoms with Crippen molar-refractivity contribution in [2.24, 2.45) is 5.92 Å². The lowest BCUT2D eigenvalue weighted by atomic mass is 9.75. The van der Waals surface area contributed by atoms with Crippen molar-refractivity contribution in [1.29, 1.82) is 0 Å². The average Bonchev–Trinajstić information content (AvgIpc) is 3.61. The first-order chi connectivity index (χ1) is 17.1. The predicted molar refractivity (Wildman–Crippen MR) is 129 cm³/mol. The molecule has 0 aliphatic carbocycles. The number of nitrogens with one attached hydrogen (secondary N) is 1. The number of ether oxygens (including phenoxy) is 1. The van der Waals surface area contributed by atoms with Gasteiger partial charge in [0.2, 0.25) is 5.89 Å². The van der Waals surface area contributed by atoms with Gasteiger partial charge in [0.25, 0.3) is 5.91 Å². The number of carbonyl (C=O) groups excluding carboxylic acids is 1. The Morgan fingerprint density at radius 1 is 0.971 bits per heavy atom. The standard InChI is InChI=1S/C28H30N2O5/c31-25(32)13-10-19-8-4-5-9-20(19)16-21-23-11-12-24(35-23)26(21)28-30-22(17-34-28)27(33)29-15-14-18-6-2-1-3-7-18/h1-9,17,21,23-24,26H,10-16H2,(H,29,33)(H,31,32)/t21-,23+,24-,26+/m1/s1. The van der Waals surface area contributed by atoms with Crippen LogP contribution in [0.25, 0.3) is 0 Å². The van der Waals surface area contributed by atoms with Gasteiger partial charge >= 0.3 is 5.97 Å². The van der Waals surface area contributed by atoms with Crippen molar-refractivity contribution in [1.82, 2.24) is 10.3 Å². The predicted octanol–water partition coefficient (Wildman–Crippen LogP) is 4.17. The van der Waals surface area contributed by atoms with Crippen LogP contribution >= 0.6 is 0 Å². The zero-order valence-corrected chi connectivity index (χ0v) is 19.6. The number of aromatic nitrogens is 1. The molecule has 2 N–H and O–H groups in total. The summed E-state index contributed by atoms with van der Waals surface area (Å²) in [5.74, 6) is -0.330. The number of fused-ring (bicyclic) bond motifs is 2. The van der Waals surface area contributed by atoms with Crippen LogP contribution in [-0.2, 0) is 28.8 Å². The molecule has 3 heterocycles. The van der Waals surface area contributed by atoms with E-state index in [2.05, 4.69) is 16.4 Å². The van der Waals surface area contributed by atoms with Crippen LogP contribution in [-0.4, -0.2) is 40.7 Å². The number of benzene rings is 2. The Morgan fingerprint density at radius 2 is 1.71 bits per heavy atom. The number of hydrogen-bond acceptors (Lipinski definition) is 5. The van der Waals surface area contributed by atoms with Gasteiger partial charge < -0.3 is 19.6 Å². The molecular formula is C28H30N2O5. The van der Waals surface area contributed by atoms with Gasteiger partial charge in [0.1, 0.15) is 6.26 Å². The molecule has 2 fully saturated rings. The zero-order chi connectivity index (χ0) is 24.2. The van der Waals surface area contributed by atoms with E-state index in [1.165, 1.54) is 11.8 Å². The van der Waals surface area contributed by atoms with E-state index in [9.17, 15) is 9.59 Å². The molecule has 0 saturated carbocycles. The summed E-state index contributed by atoms with van der Waals surface area (Å²) in [6, 6.07) is 18.0. The van der Waals surface area contributed by atoms with E-state index < -0.39 is 5.97 Å². The third-order valence-corrected chi connectivity index (χ3v) is 7.19. The molecule has 2 aliphatic rings. The van der Waals surface area contributed by atoms with Crippen LogP contribution in [0.3, 0.4) is 0 Å². The fraction of sp³-hybridized carbons (Fsp3) is 0.393. The van der Waals surface area contributed by atoms with E-state index in [0.29, 0.717) is 18.9 Å². The van der Waals surface area contributed by atoms with Gasteiger partial charge in [-0.2, -0.15) is 0 Å². The van der Waals surface area contributed by atoms with Crippen LogP contribution in [0.15, 0.2) is 65.3 Å². The van der Waals surface area contributed by atoms with Crippen LogP contribution in [0.2, 0.25) is 0 Å². The highest BCUT2D eigenvalue weighted by atomic mass is 16.5. The second-order valence-corrected chi connectivity index (χ2v) is 9.41. The monoisotopic (exact) mass is 474 g/mol. The molecule has 2 bridgehead atoms. The minimum absolute atomic E-state index is 0.0212. The van der Waals surface area contributed by atoms with Crippen LogP contribution in [0.4, 0.5) is 0 Å². The number of amides is 1. The van der Waals surface area contributed by atoms with Crippen molar-refractivity contribution in [3.05, 3.63) is 89.1 Å². The molecule has 0 spiro atoms. The van der Waals surface area contributed by atoms with E-state index in [1.54, 1.807) is 0 Å². The second-order valence-electron chi connectivity index (χ2n) is 9.41. The summed E-state index contributed by atoms with van der Waals surface area (Å²) in [6.07, 6.45) is 5.67. The summed E-state index contributed by atoms with van der Waals surface area (Å²) in [4.78, 5) is 28.3. The lowest BCUT2D eigenvalue weighted by Gasteiger charge is -2.26. The highest BCUT2D eigenvalue weighted by Crippen LogP contribution is 2.49. The normalized spacial score (nSPS) is 22.9. The van der Waals surface area contributed by atoms with Gasteiger partial charge in [-0.25, -0.2) is 4.98 Å². The highest BCUT2D eigenvalue weighted by molar-refractivity contribution is 5.91. The molecule has 7 nitrogen and oxygen atoms in total. The Labute approximate surface area is 204 Å². The smallest absolute Gasteiger partial charge is 0.303 e. The average molecular weight is 475 g/mol. The van der Waals surface area contributed by atoms with Gasteiger partial charge in [0, 0.05) is 18.9 Å². The first-order valence-electron chi connectivity index (χ1n) is 12.3. The maximum atomic E-state index is 12.7. The fourth-order valence-electron chi connectivity index (χ4n) is 5.47. The maximum Gasteiger partial charge on any atom is 0.303 e. The van der Waals surface area contributed by atoms with E-state index in [4.69, 9.17) is 14.3 Å². The van der Waals surface area contributed by atoms with E-state index in [0.717, 1.165) is 36.8 Å². The van der Waals surface area contributed by atoms with Crippen molar-refractivity contribution in [2.45, 2.75) is 56.7 Å². The van der Waals surface area contributed by atoms with Gasteiger partial charge in [0.05, 0.1) is 18.1 Å². The molecule has 0 unspecified atom stereocenters. The topological polar surface area (TPSA) is 102 Å². The molecule has 2 saturated heterocycles. The summed E-state index contributed by atoms with van der Waals surface area (Å²) >= 11 is 0. The maximum absolute atomic E-state index is 12.7. The number of carboxylic acids is 1. The van der Waals surface area contributed by atoms with Gasteiger partial charge in [-0.1, -0.05) is 54.6 Å². The number of nitrogens with zero attached hydrogens (tertiary/aromatic N) is 1. The first-order valence-corrected chi connectivity index (χ1v) is 12.3. The van der Waals surface area contributed by atoms with Gasteiger partial charge in [0.15, 0.2) is 5.69 Å². The number of aliphatic carboxylic acids is 1. The summed E-state index contributed by atoms with van der Waals surface area (Å²) < 4.78 is 12.1. The number of oxazole rings is 1. The quantitative estimate of drug-likeness (QED) is 0.457. The lowest BCUT2D eigenvalue weighted by molar-refractivity contribution is -0.136. The van der Waals surface area contributed by atoms with Crippen LogP contribution in [0.5, 0.6) is 0 Å². The number of carboxylic acid groups (broad SMARTS) is 1. The Balaban J connectivity index is 1.26. The third-order valence-electron chi connectivity index (χ3n) is 7.19. The Kier molecular flexibility index (Phi) is 6.95. The highest BCUT2D eigenvalue weighted by Gasteiger charge is 2.51. The Hall–Kier alpha value is -3.45. The van der Waals surface area contributed by atoms with E-state index >= 15 is 0 Å². The second kappa shape index (κ2) is 10.4. The minimum Gasteiger partial charge on any atom is -0.481 e. The van der Waals surface area contributed by atoms with E-state index in [1.807, 2.05) is 48.5 Å². The van der Waals surface area contributed by atoms with Gasteiger partial charge in [-0.15, -0.1) is 0 Å². The molecule has 1 aromatic heterocycles. The molecule has 5 rings (SSSR count). The molecule has 4 atom stereocenters. The third kappa shape index (κ3) is 5.30. The van der Waals surface area contributed by atoms with Crippen molar-refractivity contribution in [3.8, 4) is 0 Å². The minimum atomic E-state index is -0.796. The molecule has 2 aliphatic heterocycles. The molecular weight excluding hydrogens is 444 g/mol. The SMILES string of the molecule is O=C(O)CCc1ccccc1C[C@H]1[C@H](c2nc(C(=O)NCCc3ccccc3)co2)[C@H]2CC[C@@H]1O2. The van der Waals surface area contributed by atoms with Crippen molar-refractivity contribution in [2.75, 3.05) is 6.54 Å². The van der Waals surface area contributed by atoms with Crippen LogP contribution in [0.1, 0.15) is 58.2 Å². The molecule has 182 valence electrons. The molecule has 35 heavy (non-hydrogen) atoms. The fourth-order valence-corrected chi connectivity index (χ4v) is 5.47. The Bertz CT molecular complexity index is 1170.